The monoisotopic (exact) mass is 341 g/mol. The summed E-state index contributed by atoms with van der Waals surface area (Å²) in [6.45, 7) is 2.49. The van der Waals surface area contributed by atoms with E-state index >= 15 is 0 Å². The Bertz CT molecular complexity index is 786. The van der Waals surface area contributed by atoms with Gasteiger partial charge in [0.25, 0.3) is 5.91 Å². The van der Waals surface area contributed by atoms with Gasteiger partial charge in [0.05, 0.1) is 0 Å². The van der Waals surface area contributed by atoms with Crippen molar-refractivity contribution in [1.82, 2.24) is 4.90 Å². The molecule has 0 saturated carbocycles. The third kappa shape index (κ3) is 3.60. The quantitative estimate of drug-likeness (QED) is 0.865. The predicted octanol–water partition coefficient (Wildman–Crippen LogP) is 3.49. The van der Waals surface area contributed by atoms with Gasteiger partial charge in [-0.25, -0.2) is 4.79 Å². The van der Waals surface area contributed by atoms with Crippen molar-refractivity contribution in [3.63, 3.8) is 0 Å². The molecule has 1 N–H and O–H groups in total. The number of hydrogen-bond acceptors (Lipinski definition) is 4. The highest BCUT2D eigenvalue weighted by atomic mass is 16.5. The molecule has 1 saturated heterocycles. The summed E-state index contributed by atoms with van der Waals surface area (Å²) in [4.78, 5) is 26.5. The van der Waals surface area contributed by atoms with E-state index in [9.17, 15) is 14.7 Å². The van der Waals surface area contributed by atoms with Crippen LogP contribution in [0.3, 0.4) is 0 Å². The highest BCUT2D eigenvalue weighted by Crippen LogP contribution is 2.29. The Balaban J connectivity index is 1.68. The van der Waals surface area contributed by atoms with Crippen LogP contribution in [0.4, 0.5) is 0 Å². The molecule has 5 heteroatoms. The predicted molar refractivity (Wildman–Crippen MR) is 95.5 cm³/mol. The molecule has 0 spiro atoms. The smallest absolute Gasteiger partial charge is 0.342 e. The number of amides is 1. The van der Waals surface area contributed by atoms with Gasteiger partial charge in [-0.1, -0.05) is 37.3 Å². The molecule has 0 aromatic heterocycles. The van der Waals surface area contributed by atoms with Crippen molar-refractivity contribution in [1.29, 1.82) is 0 Å². The van der Waals surface area contributed by atoms with E-state index in [4.69, 9.17) is 4.74 Å². The molecule has 3 rings (SSSR count). The van der Waals surface area contributed by atoms with E-state index in [0.717, 1.165) is 37.6 Å². The first-order valence-corrected chi connectivity index (χ1v) is 8.79. The summed E-state index contributed by atoms with van der Waals surface area (Å²) >= 11 is 0. The molecule has 5 nitrogen and oxygen atoms in total. The molecule has 1 aliphatic heterocycles. The summed E-state index contributed by atoms with van der Waals surface area (Å²) in [6, 6.07) is 10.8. The van der Waals surface area contributed by atoms with E-state index in [2.05, 4.69) is 6.92 Å². The number of likely N-dealkylation sites (tertiary alicyclic amines) is 1. The number of benzene rings is 2. The molecule has 0 bridgehead atoms. The fraction of sp³-hybridized carbons (Fsp3) is 0.400. The van der Waals surface area contributed by atoms with Crippen molar-refractivity contribution in [3.8, 4) is 5.75 Å². The van der Waals surface area contributed by atoms with Gasteiger partial charge in [0.2, 0.25) is 0 Å². The molecule has 1 heterocycles. The lowest BCUT2D eigenvalue weighted by atomic mass is 10.00. The number of piperidine rings is 1. The van der Waals surface area contributed by atoms with E-state index in [-0.39, 0.29) is 29.9 Å². The number of nitrogens with zero attached hydrogens (tertiary/aromatic N) is 1. The number of aromatic hydroxyl groups is 1. The molecule has 1 atom stereocenters. The summed E-state index contributed by atoms with van der Waals surface area (Å²) in [5.74, 6) is -0.957. The molecule has 0 radical (unpaired) electrons. The molecular weight excluding hydrogens is 318 g/mol. The van der Waals surface area contributed by atoms with Crippen LogP contribution in [0, 0.1) is 0 Å². The Hall–Kier alpha value is -2.56. The number of fused-ring (bicyclic) bond motifs is 1. The van der Waals surface area contributed by atoms with E-state index in [1.54, 1.807) is 18.2 Å². The van der Waals surface area contributed by atoms with Crippen LogP contribution in [0.5, 0.6) is 5.75 Å². The van der Waals surface area contributed by atoms with Gasteiger partial charge < -0.3 is 14.7 Å². The first-order chi connectivity index (χ1) is 12.1. The van der Waals surface area contributed by atoms with Crippen molar-refractivity contribution < 1.29 is 19.4 Å². The normalized spacial score (nSPS) is 17.5. The third-order valence-corrected chi connectivity index (χ3v) is 4.87. The third-order valence-electron chi connectivity index (χ3n) is 4.87. The molecule has 1 unspecified atom stereocenters. The van der Waals surface area contributed by atoms with Gasteiger partial charge >= 0.3 is 5.97 Å². The zero-order valence-electron chi connectivity index (χ0n) is 14.4. The maximum Gasteiger partial charge on any atom is 0.342 e. The molecule has 2 aromatic rings. The van der Waals surface area contributed by atoms with E-state index in [1.807, 2.05) is 17.0 Å². The van der Waals surface area contributed by atoms with Crippen molar-refractivity contribution >= 4 is 22.6 Å². The minimum atomic E-state index is -0.679. The summed E-state index contributed by atoms with van der Waals surface area (Å²) in [5.41, 5.74) is 0.0807. The molecule has 25 heavy (non-hydrogen) atoms. The fourth-order valence-electron chi connectivity index (χ4n) is 3.46. The SMILES string of the molecule is CCC1CCCCN1C(=O)COC(=O)c1ccc2ccccc2c1O. The second-order valence-electron chi connectivity index (χ2n) is 6.40. The number of carbonyl (C=O) groups excluding carboxylic acids is 2. The Morgan fingerprint density at radius 1 is 1.20 bits per heavy atom. The van der Waals surface area contributed by atoms with Crippen LogP contribution < -0.4 is 0 Å². The lowest BCUT2D eigenvalue weighted by Crippen LogP contribution is -2.45. The standard InChI is InChI=1S/C20H23NO4/c1-2-15-8-5-6-12-21(15)18(22)13-25-20(24)17-11-10-14-7-3-4-9-16(14)19(17)23/h3-4,7,9-11,15,23H,2,5-6,8,12-13H2,1H3. The van der Waals surface area contributed by atoms with Crippen LogP contribution in [0.1, 0.15) is 43.0 Å². The van der Waals surface area contributed by atoms with Gasteiger partial charge in [-0.05, 0) is 37.1 Å². The van der Waals surface area contributed by atoms with Crippen molar-refractivity contribution in [2.45, 2.75) is 38.6 Å². The number of carbonyl (C=O) groups is 2. The second kappa shape index (κ2) is 7.55. The highest BCUT2D eigenvalue weighted by molar-refractivity contribution is 6.01. The average Bonchev–Trinajstić information content (AvgIpc) is 2.66. The Morgan fingerprint density at radius 3 is 2.80 bits per heavy atom. The van der Waals surface area contributed by atoms with Crippen LogP contribution in [0.15, 0.2) is 36.4 Å². The van der Waals surface area contributed by atoms with Crippen molar-refractivity contribution in [3.05, 3.63) is 42.0 Å². The van der Waals surface area contributed by atoms with Crippen molar-refractivity contribution in [2.75, 3.05) is 13.2 Å². The molecule has 1 fully saturated rings. The first-order valence-electron chi connectivity index (χ1n) is 8.79. The number of esters is 1. The molecule has 1 amide bonds. The van der Waals surface area contributed by atoms with Gasteiger partial charge in [-0.2, -0.15) is 0 Å². The maximum atomic E-state index is 12.4. The van der Waals surface area contributed by atoms with Crippen LogP contribution >= 0.6 is 0 Å². The minimum Gasteiger partial charge on any atom is -0.506 e. The molecule has 132 valence electrons. The Labute approximate surface area is 147 Å². The Kier molecular flexibility index (Phi) is 5.22. The summed E-state index contributed by atoms with van der Waals surface area (Å²) in [6.07, 6.45) is 4.03. The zero-order chi connectivity index (χ0) is 17.8. The van der Waals surface area contributed by atoms with Crippen LogP contribution in [0.2, 0.25) is 0 Å². The zero-order valence-corrected chi connectivity index (χ0v) is 14.4. The van der Waals surface area contributed by atoms with Gasteiger partial charge in [-0.15, -0.1) is 0 Å². The second-order valence-corrected chi connectivity index (χ2v) is 6.40. The molecule has 1 aliphatic rings. The minimum absolute atomic E-state index is 0.0807. The number of phenols is 1. The fourth-order valence-corrected chi connectivity index (χ4v) is 3.46. The maximum absolute atomic E-state index is 12.4. The lowest BCUT2D eigenvalue weighted by Gasteiger charge is -2.35. The van der Waals surface area contributed by atoms with Gasteiger partial charge in [0, 0.05) is 18.0 Å². The number of ether oxygens (including phenoxy) is 1. The van der Waals surface area contributed by atoms with Crippen LogP contribution in [-0.2, 0) is 9.53 Å². The van der Waals surface area contributed by atoms with Crippen LogP contribution in [0.25, 0.3) is 10.8 Å². The lowest BCUT2D eigenvalue weighted by molar-refractivity contribution is -0.138. The van der Waals surface area contributed by atoms with Gasteiger partial charge in [0.15, 0.2) is 6.61 Å². The number of rotatable bonds is 4. The Morgan fingerprint density at radius 2 is 2.00 bits per heavy atom. The first kappa shape index (κ1) is 17.3. The van der Waals surface area contributed by atoms with E-state index in [0.29, 0.717) is 5.39 Å². The molecule has 0 aliphatic carbocycles. The number of phenolic OH excluding ortho intramolecular Hbond substituents is 1. The highest BCUT2D eigenvalue weighted by Gasteiger charge is 2.26. The summed E-state index contributed by atoms with van der Waals surface area (Å²) < 4.78 is 5.18. The van der Waals surface area contributed by atoms with Crippen molar-refractivity contribution in [2.24, 2.45) is 0 Å². The molecular formula is C20H23NO4. The van der Waals surface area contributed by atoms with Gasteiger partial charge in [0.1, 0.15) is 11.3 Å². The average molecular weight is 341 g/mol. The largest absolute Gasteiger partial charge is 0.506 e. The van der Waals surface area contributed by atoms with Crippen LogP contribution in [-0.4, -0.2) is 41.1 Å². The summed E-state index contributed by atoms with van der Waals surface area (Å²) in [5, 5.41) is 11.7. The van der Waals surface area contributed by atoms with E-state index < -0.39 is 5.97 Å². The topological polar surface area (TPSA) is 66.8 Å². The summed E-state index contributed by atoms with van der Waals surface area (Å²) in [7, 11) is 0. The molecule has 2 aromatic carbocycles. The van der Waals surface area contributed by atoms with Gasteiger partial charge in [-0.3, -0.25) is 4.79 Å². The number of hydrogen-bond donors (Lipinski definition) is 1. The van der Waals surface area contributed by atoms with E-state index in [1.165, 1.54) is 6.07 Å².